The Balaban J connectivity index is 1.71. The molecule has 1 aliphatic heterocycles. The minimum Gasteiger partial charge on any atom is -0.336 e. The van der Waals surface area contributed by atoms with Crippen LogP contribution in [0.2, 0.25) is 0 Å². The zero-order valence-electron chi connectivity index (χ0n) is 11.2. The van der Waals surface area contributed by atoms with E-state index in [4.69, 9.17) is 0 Å². The fourth-order valence-electron chi connectivity index (χ4n) is 2.83. The predicted octanol–water partition coefficient (Wildman–Crippen LogP) is 2.83. The molecule has 0 N–H and O–H groups in total. The van der Waals surface area contributed by atoms with Crippen LogP contribution in [0.1, 0.15) is 18.4 Å². The Labute approximate surface area is 116 Å². The second kappa shape index (κ2) is 5.71. The number of halogens is 2. The molecule has 0 bridgehead atoms. The molecule has 1 aliphatic rings. The van der Waals surface area contributed by atoms with Crippen LogP contribution in [-0.2, 0) is 13.1 Å². The Morgan fingerprint density at radius 2 is 2.20 bits per heavy atom. The summed E-state index contributed by atoms with van der Waals surface area (Å²) in [5, 5.41) is 0. The highest BCUT2D eigenvalue weighted by molar-refractivity contribution is 5.18. The maximum atomic E-state index is 13.7. The van der Waals surface area contributed by atoms with Crippen LogP contribution in [0.3, 0.4) is 0 Å². The number of imidazole rings is 1. The molecule has 2 aromatic rings. The molecule has 3 nitrogen and oxygen atoms in total. The van der Waals surface area contributed by atoms with Gasteiger partial charge in [0.05, 0.1) is 6.33 Å². The minimum atomic E-state index is -0.383. The van der Waals surface area contributed by atoms with Crippen molar-refractivity contribution in [2.75, 3.05) is 6.54 Å². The molecule has 3 rings (SSSR count). The third-order valence-corrected chi connectivity index (χ3v) is 3.86. The van der Waals surface area contributed by atoms with Crippen molar-refractivity contribution < 1.29 is 8.78 Å². The monoisotopic (exact) mass is 277 g/mol. The summed E-state index contributed by atoms with van der Waals surface area (Å²) < 4.78 is 29.0. The summed E-state index contributed by atoms with van der Waals surface area (Å²) >= 11 is 0. The van der Waals surface area contributed by atoms with Gasteiger partial charge in [-0.15, -0.1) is 0 Å². The Kier molecular flexibility index (Phi) is 3.78. The van der Waals surface area contributed by atoms with Crippen LogP contribution in [0.15, 0.2) is 36.9 Å². The summed E-state index contributed by atoms with van der Waals surface area (Å²) in [5.74, 6) is -0.716. The van der Waals surface area contributed by atoms with Crippen molar-refractivity contribution in [3.8, 4) is 0 Å². The van der Waals surface area contributed by atoms with Crippen LogP contribution in [0.4, 0.5) is 8.78 Å². The fraction of sp³-hybridized carbons (Fsp3) is 0.400. The summed E-state index contributed by atoms with van der Waals surface area (Å²) in [7, 11) is 0. The zero-order chi connectivity index (χ0) is 13.9. The minimum absolute atomic E-state index is 0.334. The van der Waals surface area contributed by atoms with Gasteiger partial charge in [-0.3, -0.25) is 4.90 Å². The quantitative estimate of drug-likeness (QED) is 0.857. The van der Waals surface area contributed by atoms with Crippen LogP contribution in [0.25, 0.3) is 0 Å². The van der Waals surface area contributed by atoms with Crippen LogP contribution < -0.4 is 0 Å². The topological polar surface area (TPSA) is 21.1 Å². The number of rotatable bonds is 4. The van der Waals surface area contributed by atoms with Crippen LogP contribution in [0, 0.1) is 11.6 Å². The Morgan fingerprint density at radius 1 is 1.30 bits per heavy atom. The number of hydrogen-bond acceptors (Lipinski definition) is 2. The third-order valence-electron chi connectivity index (χ3n) is 3.86. The van der Waals surface area contributed by atoms with E-state index >= 15 is 0 Å². The summed E-state index contributed by atoms with van der Waals surface area (Å²) in [6.07, 6.45) is 7.65. The molecule has 2 heterocycles. The van der Waals surface area contributed by atoms with Gasteiger partial charge in [0.15, 0.2) is 0 Å². The van der Waals surface area contributed by atoms with Crippen molar-refractivity contribution in [2.24, 2.45) is 0 Å². The van der Waals surface area contributed by atoms with Gasteiger partial charge < -0.3 is 4.57 Å². The van der Waals surface area contributed by atoms with E-state index in [0.29, 0.717) is 18.2 Å². The zero-order valence-corrected chi connectivity index (χ0v) is 11.2. The average Bonchev–Trinajstić information content (AvgIpc) is 3.07. The van der Waals surface area contributed by atoms with E-state index in [-0.39, 0.29) is 11.6 Å². The second-order valence-corrected chi connectivity index (χ2v) is 5.26. The molecule has 0 amide bonds. The highest BCUT2D eigenvalue weighted by atomic mass is 19.1. The molecule has 20 heavy (non-hydrogen) atoms. The normalized spacial score (nSPS) is 19.6. The molecule has 0 aliphatic carbocycles. The molecule has 1 atom stereocenters. The van der Waals surface area contributed by atoms with Crippen molar-refractivity contribution in [1.82, 2.24) is 14.5 Å². The molecule has 5 heteroatoms. The van der Waals surface area contributed by atoms with Gasteiger partial charge in [-0.05, 0) is 37.6 Å². The Morgan fingerprint density at radius 3 is 3.00 bits per heavy atom. The summed E-state index contributed by atoms with van der Waals surface area (Å²) in [6, 6.07) is 4.01. The summed E-state index contributed by atoms with van der Waals surface area (Å²) in [5.41, 5.74) is 0.433. The van der Waals surface area contributed by atoms with E-state index in [1.54, 1.807) is 12.5 Å². The van der Waals surface area contributed by atoms with E-state index in [1.807, 2.05) is 10.8 Å². The van der Waals surface area contributed by atoms with Gasteiger partial charge in [0.1, 0.15) is 11.6 Å². The highest BCUT2D eigenvalue weighted by Gasteiger charge is 2.25. The van der Waals surface area contributed by atoms with Crippen molar-refractivity contribution in [2.45, 2.75) is 32.0 Å². The molecule has 1 aromatic carbocycles. The molecule has 0 radical (unpaired) electrons. The van der Waals surface area contributed by atoms with Crippen molar-refractivity contribution >= 4 is 0 Å². The molecule has 1 saturated heterocycles. The van der Waals surface area contributed by atoms with Gasteiger partial charge in [-0.25, -0.2) is 13.8 Å². The number of aromatic nitrogens is 2. The van der Waals surface area contributed by atoms with E-state index in [0.717, 1.165) is 32.0 Å². The van der Waals surface area contributed by atoms with Crippen LogP contribution >= 0.6 is 0 Å². The number of nitrogens with zero attached hydrogens (tertiary/aromatic N) is 3. The van der Waals surface area contributed by atoms with Crippen LogP contribution in [-0.4, -0.2) is 27.0 Å². The lowest BCUT2D eigenvalue weighted by Crippen LogP contribution is -2.32. The maximum Gasteiger partial charge on any atom is 0.127 e. The molecule has 106 valence electrons. The smallest absolute Gasteiger partial charge is 0.127 e. The van der Waals surface area contributed by atoms with Gasteiger partial charge >= 0.3 is 0 Å². The molecular formula is C15H17F2N3. The van der Waals surface area contributed by atoms with Gasteiger partial charge in [0.2, 0.25) is 0 Å². The van der Waals surface area contributed by atoms with Crippen molar-refractivity contribution in [3.63, 3.8) is 0 Å². The lowest BCUT2D eigenvalue weighted by Gasteiger charge is -2.25. The molecule has 0 saturated carbocycles. The van der Waals surface area contributed by atoms with E-state index in [1.165, 1.54) is 12.1 Å². The van der Waals surface area contributed by atoms with E-state index in [2.05, 4.69) is 9.88 Å². The van der Waals surface area contributed by atoms with Gasteiger partial charge in [-0.2, -0.15) is 0 Å². The predicted molar refractivity (Wildman–Crippen MR) is 72.0 cm³/mol. The van der Waals surface area contributed by atoms with E-state index in [9.17, 15) is 8.78 Å². The summed E-state index contributed by atoms with van der Waals surface area (Å²) in [6.45, 7) is 2.23. The second-order valence-electron chi connectivity index (χ2n) is 5.26. The van der Waals surface area contributed by atoms with Gasteiger partial charge in [-0.1, -0.05) is 0 Å². The Bertz CT molecular complexity index is 569. The highest BCUT2D eigenvalue weighted by Crippen LogP contribution is 2.22. The maximum absolute atomic E-state index is 13.7. The van der Waals surface area contributed by atoms with Crippen molar-refractivity contribution in [1.29, 1.82) is 0 Å². The summed E-state index contributed by atoms with van der Waals surface area (Å²) in [4.78, 5) is 6.25. The molecule has 1 aromatic heterocycles. The van der Waals surface area contributed by atoms with Crippen LogP contribution in [0.5, 0.6) is 0 Å². The number of likely N-dealkylation sites (tertiary alicyclic amines) is 1. The van der Waals surface area contributed by atoms with Crippen molar-refractivity contribution in [3.05, 3.63) is 54.1 Å². The number of hydrogen-bond donors (Lipinski definition) is 0. The standard InChI is InChI=1S/C15H17F2N3/c16-13-3-4-15(17)12(8-13)9-20-6-1-2-14(20)10-19-7-5-18-11-19/h3-5,7-8,11,14H,1-2,6,9-10H2. The third kappa shape index (κ3) is 2.88. The first kappa shape index (κ1) is 13.2. The van der Waals surface area contributed by atoms with Gasteiger partial charge in [0.25, 0.3) is 0 Å². The fourth-order valence-corrected chi connectivity index (χ4v) is 2.83. The Hall–Kier alpha value is -1.75. The van der Waals surface area contributed by atoms with E-state index < -0.39 is 0 Å². The average molecular weight is 277 g/mol. The first-order chi connectivity index (χ1) is 9.72. The SMILES string of the molecule is Fc1ccc(F)c(CN2CCCC2Cn2ccnc2)c1. The first-order valence-corrected chi connectivity index (χ1v) is 6.86. The lowest BCUT2D eigenvalue weighted by molar-refractivity contribution is 0.221. The largest absolute Gasteiger partial charge is 0.336 e. The number of benzene rings is 1. The molecule has 0 spiro atoms. The molecule has 1 unspecified atom stereocenters. The lowest BCUT2D eigenvalue weighted by atomic mass is 10.1. The first-order valence-electron chi connectivity index (χ1n) is 6.86. The molecular weight excluding hydrogens is 260 g/mol. The van der Waals surface area contributed by atoms with Gasteiger partial charge in [0, 0.05) is 37.1 Å². The molecule has 1 fully saturated rings.